The number of Topliss-reactive ketones (excluding diaryl/α,β-unsaturated/α-hetero) is 1. The van der Waals surface area contributed by atoms with Crippen LogP contribution in [0.25, 0.3) is 0 Å². The van der Waals surface area contributed by atoms with Crippen molar-refractivity contribution in [1.82, 2.24) is 0 Å². The van der Waals surface area contributed by atoms with Gasteiger partial charge in [-0.1, -0.05) is 27.2 Å². The van der Waals surface area contributed by atoms with E-state index in [0.717, 1.165) is 24.1 Å². The molecule has 0 bridgehead atoms. The zero-order chi connectivity index (χ0) is 18.2. The van der Waals surface area contributed by atoms with Crippen molar-refractivity contribution < 1.29 is 9.53 Å². The molecular formula is C20H24N2O2S. The molecule has 0 aromatic carbocycles. The largest absolute Gasteiger partial charge is 0.444 e. The van der Waals surface area contributed by atoms with Crippen LogP contribution in [0, 0.1) is 16.7 Å². The molecule has 0 fully saturated rings. The molecule has 1 atom stereocenters. The lowest BCUT2D eigenvalue weighted by molar-refractivity contribution is -0.119. The van der Waals surface area contributed by atoms with Crippen molar-refractivity contribution in [1.29, 1.82) is 5.26 Å². The number of carbonyl (C=O) groups excluding carboxylic acids is 1. The number of ketones is 1. The van der Waals surface area contributed by atoms with Gasteiger partial charge >= 0.3 is 0 Å². The van der Waals surface area contributed by atoms with Crippen LogP contribution in [0.15, 0.2) is 34.9 Å². The molecule has 0 saturated heterocycles. The average molecular weight is 356 g/mol. The van der Waals surface area contributed by atoms with Crippen LogP contribution in [0.4, 0.5) is 0 Å². The second-order valence-electron chi connectivity index (χ2n) is 7.61. The van der Waals surface area contributed by atoms with Gasteiger partial charge in [-0.25, -0.2) is 0 Å². The van der Waals surface area contributed by atoms with E-state index >= 15 is 0 Å². The molecule has 0 saturated carbocycles. The molecule has 3 rings (SSSR count). The van der Waals surface area contributed by atoms with E-state index in [-0.39, 0.29) is 23.0 Å². The molecule has 0 radical (unpaired) electrons. The lowest BCUT2D eigenvalue weighted by atomic mass is 9.71. The summed E-state index contributed by atoms with van der Waals surface area (Å²) in [7, 11) is 0. The van der Waals surface area contributed by atoms with Crippen LogP contribution in [0.1, 0.15) is 62.1 Å². The van der Waals surface area contributed by atoms with Gasteiger partial charge in [0.15, 0.2) is 5.78 Å². The highest BCUT2D eigenvalue weighted by Crippen LogP contribution is 2.49. The summed E-state index contributed by atoms with van der Waals surface area (Å²) in [6.07, 6.45) is 4.44. The Balaban J connectivity index is 2.05. The molecule has 0 unspecified atom stereocenters. The van der Waals surface area contributed by atoms with Crippen molar-refractivity contribution in [2.75, 3.05) is 0 Å². The summed E-state index contributed by atoms with van der Waals surface area (Å²) in [6.45, 7) is 6.28. The summed E-state index contributed by atoms with van der Waals surface area (Å²) in [5, 5.41) is 9.62. The van der Waals surface area contributed by atoms with Crippen LogP contribution in [0.3, 0.4) is 0 Å². The second kappa shape index (κ2) is 6.68. The van der Waals surface area contributed by atoms with Crippen molar-refractivity contribution in [2.24, 2.45) is 11.1 Å². The molecule has 2 aliphatic rings. The zero-order valence-electron chi connectivity index (χ0n) is 15.0. The van der Waals surface area contributed by atoms with E-state index in [2.05, 4.69) is 32.9 Å². The van der Waals surface area contributed by atoms with Crippen LogP contribution in [0.5, 0.6) is 0 Å². The van der Waals surface area contributed by atoms with E-state index < -0.39 is 0 Å². The number of rotatable bonds is 4. The smallest absolute Gasteiger partial charge is 0.205 e. The molecule has 0 spiro atoms. The molecule has 1 aliphatic heterocycles. The molecule has 2 N–H and O–H groups in total. The second-order valence-corrected chi connectivity index (χ2v) is 8.81. The summed E-state index contributed by atoms with van der Waals surface area (Å²) in [5.41, 5.74) is 6.88. The normalized spacial score (nSPS) is 22.5. The predicted molar refractivity (Wildman–Crippen MR) is 98.6 cm³/mol. The molecular weight excluding hydrogens is 332 g/mol. The minimum atomic E-state index is -0.377. The fraction of sp³-hybridized carbons (Fsp3) is 0.500. The highest BCUT2D eigenvalue weighted by Gasteiger charge is 2.43. The van der Waals surface area contributed by atoms with E-state index in [1.165, 1.54) is 4.88 Å². The van der Waals surface area contributed by atoms with Gasteiger partial charge in [0.25, 0.3) is 0 Å². The first-order valence-corrected chi connectivity index (χ1v) is 9.60. The predicted octanol–water partition coefficient (Wildman–Crippen LogP) is 4.54. The van der Waals surface area contributed by atoms with Gasteiger partial charge in [-0.15, -0.1) is 11.3 Å². The van der Waals surface area contributed by atoms with E-state index in [1.54, 1.807) is 11.3 Å². The van der Waals surface area contributed by atoms with Crippen molar-refractivity contribution in [2.45, 2.75) is 58.8 Å². The van der Waals surface area contributed by atoms with Crippen molar-refractivity contribution in [3.05, 3.63) is 44.7 Å². The minimum absolute atomic E-state index is 0.0695. The molecule has 25 heavy (non-hydrogen) atoms. The number of unbranched alkanes of at least 4 members (excludes halogenated alkanes) is 1. The molecule has 5 heteroatoms. The van der Waals surface area contributed by atoms with Gasteiger partial charge in [0.2, 0.25) is 5.88 Å². The van der Waals surface area contributed by atoms with E-state index in [1.807, 2.05) is 6.07 Å². The number of nitriles is 1. The minimum Gasteiger partial charge on any atom is -0.444 e. The van der Waals surface area contributed by atoms with Gasteiger partial charge < -0.3 is 10.5 Å². The highest BCUT2D eigenvalue weighted by atomic mass is 32.1. The quantitative estimate of drug-likeness (QED) is 0.859. The zero-order valence-corrected chi connectivity index (χ0v) is 15.8. The number of aryl methyl sites for hydroxylation is 1. The molecule has 1 aromatic rings. The lowest BCUT2D eigenvalue weighted by Crippen LogP contribution is -2.33. The first-order chi connectivity index (χ1) is 11.9. The Kier molecular flexibility index (Phi) is 4.75. The molecule has 1 aliphatic carbocycles. The van der Waals surface area contributed by atoms with E-state index in [9.17, 15) is 10.1 Å². The van der Waals surface area contributed by atoms with Crippen LogP contribution in [0.2, 0.25) is 0 Å². The summed E-state index contributed by atoms with van der Waals surface area (Å²) >= 11 is 1.68. The highest BCUT2D eigenvalue weighted by molar-refractivity contribution is 7.12. The number of hydrogen-bond acceptors (Lipinski definition) is 5. The summed E-state index contributed by atoms with van der Waals surface area (Å²) < 4.78 is 5.72. The number of hydrogen-bond donors (Lipinski definition) is 1. The lowest BCUT2D eigenvalue weighted by Gasteiger charge is -2.36. The Hall–Kier alpha value is -2.06. The molecule has 132 valence electrons. The summed E-state index contributed by atoms with van der Waals surface area (Å²) in [4.78, 5) is 15.2. The Morgan fingerprint density at radius 2 is 2.16 bits per heavy atom. The monoisotopic (exact) mass is 356 g/mol. The summed E-state index contributed by atoms with van der Waals surface area (Å²) in [5.74, 6) is 0.476. The van der Waals surface area contributed by atoms with Crippen LogP contribution >= 0.6 is 11.3 Å². The molecule has 1 aromatic heterocycles. The number of nitrogens with two attached hydrogens (primary N) is 1. The fourth-order valence-corrected chi connectivity index (χ4v) is 4.78. The van der Waals surface area contributed by atoms with Crippen molar-refractivity contribution in [3.63, 3.8) is 0 Å². The van der Waals surface area contributed by atoms with Gasteiger partial charge in [0.1, 0.15) is 17.4 Å². The van der Waals surface area contributed by atoms with Gasteiger partial charge in [0, 0.05) is 28.2 Å². The maximum Gasteiger partial charge on any atom is 0.205 e. The average Bonchev–Trinajstić information content (AvgIpc) is 2.98. The maximum atomic E-state index is 12.9. The topological polar surface area (TPSA) is 76.1 Å². The van der Waals surface area contributed by atoms with Gasteiger partial charge in [-0.2, -0.15) is 5.26 Å². The van der Waals surface area contributed by atoms with Crippen molar-refractivity contribution in [3.8, 4) is 6.07 Å². The standard InChI is InChI=1S/C20H24N2O2S/c1-4-5-6-12-7-8-16(25-12)17-13(11-21)19(22)24-15-10-20(2,3)9-14(23)18(15)17/h7-8,17H,4-6,9-10,22H2,1-3H3/t17-/m0/s1. The maximum absolute atomic E-state index is 12.9. The molecule has 4 nitrogen and oxygen atoms in total. The van der Waals surface area contributed by atoms with Gasteiger partial charge in [0.05, 0.1) is 5.92 Å². The number of carbonyl (C=O) groups is 1. The SMILES string of the molecule is CCCCc1ccc([C@@H]2C(C#N)=C(N)OC3=C2C(=O)CC(C)(C)C3)s1. The number of thiophene rings is 1. The van der Waals surface area contributed by atoms with E-state index in [0.29, 0.717) is 29.7 Å². The third-order valence-corrected chi connectivity index (χ3v) is 6.03. The number of nitrogens with zero attached hydrogens (tertiary/aromatic N) is 1. The van der Waals surface area contributed by atoms with Crippen LogP contribution in [-0.4, -0.2) is 5.78 Å². The number of allylic oxidation sites excluding steroid dienone is 3. The fourth-order valence-electron chi connectivity index (χ4n) is 3.60. The third kappa shape index (κ3) is 3.36. The van der Waals surface area contributed by atoms with Crippen molar-refractivity contribution >= 4 is 17.1 Å². The Bertz CT molecular complexity index is 808. The molecule has 2 heterocycles. The first kappa shape index (κ1) is 17.8. The van der Waals surface area contributed by atoms with E-state index in [4.69, 9.17) is 10.5 Å². The Morgan fingerprint density at radius 1 is 1.40 bits per heavy atom. The first-order valence-electron chi connectivity index (χ1n) is 8.78. The Morgan fingerprint density at radius 3 is 2.84 bits per heavy atom. The molecule has 0 amide bonds. The van der Waals surface area contributed by atoms with Gasteiger partial charge in [-0.05, 0) is 30.4 Å². The van der Waals surface area contributed by atoms with Crippen LogP contribution < -0.4 is 5.73 Å². The van der Waals surface area contributed by atoms with Crippen LogP contribution in [-0.2, 0) is 16.0 Å². The van der Waals surface area contributed by atoms with Gasteiger partial charge in [-0.3, -0.25) is 4.79 Å². The summed E-state index contributed by atoms with van der Waals surface area (Å²) in [6, 6.07) is 6.32. The Labute approximate surface area is 153 Å². The third-order valence-electron chi connectivity index (χ3n) is 4.82. The number of ether oxygens (including phenoxy) is 1.